The number of hydrogen-bond acceptors (Lipinski definition) is 3. The zero-order chi connectivity index (χ0) is 18.4. The summed E-state index contributed by atoms with van der Waals surface area (Å²) >= 11 is 0. The van der Waals surface area contributed by atoms with Crippen molar-refractivity contribution in [2.75, 3.05) is 13.1 Å². The number of benzene rings is 2. The van der Waals surface area contributed by atoms with E-state index in [0.717, 1.165) is 11.1 Å². The molecule has 2 aromatic carbocycles. The topological polar surface area (TPSA) is 69.6 Å². The number of nitrogens with one attached hydrogen (secondary N) is 1. The fourth-order valence-corrected chi connectivity index (χ4v) is 3.22. The predicted octanol–water partition coefficient (Wildman–Crippen LogP) is 2.49. The van der Waals surface area contributed by atoms with Crippen LogP contribution in [0.25, 0.3) is 0 Å². The van der Waals surface area contributed by atoms with Crippen molar-refractivity contribution in [1.82, 2.24) is 10.2 Å². The van der Waals surface area contributed by atoms with Crippen LogP contribution >= 0.6 is 0 Å². The van der Waals surface area contributed by atoms with Gasteiger partial charge >= 0.3 is 0 Å². The maximum absolute atomic E-state index is 12.4. The number of aromatic hydroxyl groups is 1. The highest BCUT2D eigenvalue weighted by Gasteiger charge is 2.27. The van der Waals surface area contributed by atoms with E-state index < -0.39 is 0 Å². The Balaban J connectivity index is 1.43. The van der Waals surface area contributed by atoms with Crippen LogP contribution < -0.4 is 5.32 Å². The monoisotopic (exact) mass is 352 g/mol. The average Bonchev–Trinajstić information content (AvgIpc) is 2.69. The van der Waals surface area contributed by atoms with Crippen LogP contribution in [0, 0.1) is 5.92 Å². The molecule has 2 amide bonds. The van der Waals surface area contributed by atoms with E-state index in [9.17, 15) is 14.7 Å². The van der Waals surface area contributed by atoms with Crippen LogP contribution in [0.4, 0.5) is 0 Å². The minimum atomic E-state index is -0.0311. The summed E-state index contributed by atoms with van der Waals surface area (Å²) in [6.07, 6.45) is 1.72. The summed E-state index contributed by atoms with van der Waals surface area (Å²) in [6, 6.07) is 16.6. The number of rotatable bonds is 5. The Morgan fingerprint density at radius 3 is 2.27 bits per heavy atom. The van der Waals surface area contributed by atoms with Crippen LogP contribution in [0.5, 0.6) is 5.75 Å². The van der Waals surface area contributed by atoms with Gasteiger partial charge in [0.2, 0.25) is 11.8 Å². The van der Waals surface area contributed by atoms with Gasteiger partial charge < -0.3 is 15.3 Å². The van der Waals surface area contributed by atoms with Gasteiger partial charge in [-0.05, 0) is 36.1 Å². The molecule has 0 radical (unpaired) electrons. The zero-order valence-corrected chi connectivity index (χ0v) is 14.7. The lowest BCUT2D eigenvalue weighted by Crippen LogP contribution is -2.43. The number of likely N-dealkylation sites (tertiary alicyclic amines) is 1. The van der Waals surface area contributed by atoms with Gasteiger partial charge in [0.25, 0.3) is 0 Å². The van der Waals surface area contributed by atoms with Gasteiger partial charge in [0.1, 0.15) is 5.75 Å². The second-order valence-electron chi connectivity index (χ2n) is 6.70. The number of carbonyl (C=O) groups excluding carboxylic acids is 2. The smallest absolute Gasteiger partial charge is 0.226 e. The molecule has 0 saturated carbocycles. The van der Waals surface area contributed by atoms with Crippen LogP contribution in [0.2, 0.25) is 0 Å². The number of carbonyl (C=O) groups is 2. The Morgan fingerprint density at radius 1 is 0.962 bits per heavy atom. The molecule has 2 aromatic rings. The summed E-state index contributed by atoms with van der Waals surface area (Å²) in [6.45, 7) is 1.76. The molecule has 5 heteroatoms. The molecule has 0 atom stereocenters. The third-order valence-corrected chi connectivity index (χ3v) is 4.82. The average molecular weight is 352 g/mol. The van der Waals surface area contributed by atoms with Gasteiger partial charge in [-0.3, -0.25) is 9.59 Å². The van der Waals surface area contributed by atoms with Crippen molar-refractivity contribution in [3.05, 3.63) is 65.7 Å². The number of amides is 2. The molecule has 0 bridgehead atoms. The van der Waals surface area contributed by atoms with E-state index >= 15 is 0 Å². The summed E-state index contributed by atoms with van der Waals surface area (Å²) in [5.74, 6) is 0.304. The van der Waals surface area contributed by atoms with Crippen LogP contribution in [0.3, 0.4) is 0 Å². The number of piperidine rings is 1. The predicted molar refractivity (Wildman–Crippen MR) is 99.4 cm³/mol. The van der Waals surface area contributed by atoms with E-state index in [1.54, 1.807) is 24.3 Å². The normalized spacial score (nSPS) is 14.8. The Hall–Kier alpha value is -2.82. The van der Waals surface area contributed by atoms with Gasteiger partial charge in [0, 0.05) is 25.6 Å². The fraction of sp³-hybridized carbons (Fsp3) is 0.333. The first kappa shape index (κ1) is 18.0. The molecule has 0 unspecified atom stereocenters. The Labute approximate surface area is 153 Å². The van der Waals surface area contributed by atoms with Crippen molar-refractivity contribution in [1.29, 1.82) is 0 Å². The van der Waals surface area contributed by atoms with Crippen molar-refractivity contribution < 1.29 is 14.7 Å². The van der Waals surface area contributed by atoms with Crippen molar-refractivity contribution >= 4 is 11.8 Å². The van der Waals surface area contributed by atoms with Gasteiger partial charge in [-0.2, -0.15) is 0 Å². The third-order valence-electron chi connectivity index (χ3n) is 4.82. The largest absolute Gasteiger partial charge is 0.508 e. The maximum atomic E-state index is 12.4. The second kappa shape index (κ2) is 8.52. The maximum Gasteiger partial charge on any atom is 0.226 e. The first-order chi connectivity index (χ1) is 12.6. The quantitative estimate of drug-likeness (QED) is 0.869. The van der Waals surface area contributed by atoms with E-state index in [4.69, 9.17) is 0 Å². The molecule has 3 rings (SSSR count). The molecule has 0 spiro atoms. The van der Waals surface area contributed by atoms with Crippen LogP contribution in [0.15, 0.2) is 54.6 Å². The molecule has 1 aliphatic rings. The van der Waals surface area contributed by atoms with Gasteiger partial charge in [-0.15, -0.1) is 0 Å². The number of phenols is 1. The molecule has 0 aliphatic carbocycles. The SMILES string of the molecule is O=C(NCc1ccccc1)C1CCN(C(=O)Cc2ccc(O)cc2)CC1. The van der Waals surface area contributed by atoms with Crippen LogP contribution in [-0.2, 0) is 22.6 Å². The highest BCUT2D eigenvalue weighted by molar-refractivity contribution is 5.81. The molecule has 136 valence electrons. The third kappa shape index (κ3) is 4.85. The van der Waals surface area contributed by atoms with Crippen molar-refractivity contribution in [2.24, 2.45) is 5.92 Å². The molecular formula is C21H24N2O3. The van der Waals surface area contributed by atoms with E-state index in [-0.39, 0.29) is 23.5 Å². The molecule has 1 fully saturated rings. The zero-order valence-electron chi connectivity index (χ0n) is 14.7. The lowest BCUT2D eigenvalue weighted by molar-refractivity contribution is -0.135. The lowest BCUT2D eigenvalue weighted by Gasteiger charge is -2.31. The molecule has 0 aromatic heterocycles. The number of nitrogens with zero attached hydrogens (tertiary/aromatic N) is 1. The summed E-state index contributed by atoms with van der Waals surface area (Å²) in [5.41, 5.74) is 1.97. The molecule has 1 saturated heterocycles. The highest BCUT2D eigenvalue weighted by atomic mass is 16.3. The second-order valence-corrected chi connectivity index (χ2v) is 6.70. The minimum absolute atomic E-state index is 0.0311. The molecular weight excluding hydrogens is 328 g/mol. The fourth-order valence-electron chi connectivity index (χ4n) is 3.22. The standard InChI is InChI=1S/C21H24N2O3/c24-19-8-6-16(7-9-19)14-20(25)23-12-10-18(11-13-23)21(26)22-15-17-4-2-1-3-5-17/h1-9,18,24H,10-15H2,(H,22,26). The molecule has 26 heavy (non-hydrogen) atoms. The molecule has 1 aliphatic heterocycles. The van der Waals surface area contributed by atoms with Crippen molar-refractivity contribution in [2.45, 2.75) is 25.8 Å². The minimum Gasteiger partial charge on any atom is -0.508 e. The van der Waals surface area contributed by atoms with E-state index in [1.807, 2.05) is 35.2 Å². The molecule has 2 N–H and O–H groups in total. The summed E-state index contributed by atoms with van der Waals surface area (Å²) in [5, 5.41) is 12.3. The van der Waals surface area contributed by atoms with Crippen LogP contribution in [0.1, 0.15) is 24.0 Å². The Bertz CT molecular complexity index is 736. The van der Waals surface area contributed by atoms with E-state index in [2.05, 4.69) is 5.32 Å². The number of hydrogen-bond donors (Lipinski definition) is 2. The van der Waals surface area contributed by atoms with Gasteiger partial charge in [-0.1, -0.05) is 42.5 Å². The van der Waals surface area contributed by atoms with Crippen molar-refractivity contribution in [3.8, 4) is 5.75 Å². The summed E-state index contributed by atoms with van der Waals surface area (Å²) in [4.78, 5) is 26.6. The van der Waals surface area contributed by atoms with Gasteiger partial charge in [-0.25, -0.2) is 0 Å². The number of phenolic OH excluding ortho intramolecular Hbond substituents is 1. The first-order valence-corrected chi connectivity index (χ1v) is 8.99. The van der Waals surface area contributed by atoms with Gasteiger partial charge in [0.15, 0.2) is 0 Å². The van der Waals surface area contributed by atoms with Crippen LogP contribution in [-0.4, -0.2) is 34.9 Å². The summed E-state index contributed by atoms with van der Waals surface area (Å²) in [7, 11) is 0. The van der Waals surface area contributed by atoms with E-state index in [1.165, 1.54) is 0 Å². The highest BCUT2D eigenvalue weighted by Crippen LogP contribution is 2.19. The Morgan fingerprint density at radius 2 is 1.62 bits per heavy atom. The molecule has 1 heterocycles. The lowest BCUT2D eigenvalue weighted by atomic mass is 9.95. The Kier molecular flexibility index (Phi) is 5.89. The van der Waals surface area contributed by atoms with Crippen molar-refractivity contribution in [3.63, 3.8) is 0 Å². The first-order valence-electron chi connectivity index (χ1n) is 8.99. The van der Waals surface area contributed by atoms with E-state index in [0.29, 0.717) is 38.9 Å². The molecule has 5 nitrogen and oxygen atoms in total. The van der Waals surface area contributed by atoms with Gasteiger partial charge in [0.05, 0.1) is 6.42 Å². The summed E-state index contributed by atoms with van der Waals surface area (Å²) < 4.78 is 0.